The summed E-state index contributed by atoms with van der Waals surface area (Å²) in [6, 6.07) is 8.12. The molecule has 2 fully saturated rings. The summed E-state index contributed by atoms with van der Waals surface area (Å²) in [5.41, 5.74) is 2.36. The number of phenolic OH excluding ortho intramolecular Hbond substituents is 1. The number of phenols is 1. The van der Waals surface area contributed by atoms with Gasteiger partial charge in [-0.25, -0.2) is 13.8 Å². The van der Waals surface area contributed by atoms with Gasteiger partial charge in [-0.3, -0.25) is 0 Å². The zero-order chi connectivity index (χ0) is 22.9. The van der Waals surface area contributed by atoms with E-state index in [0.29, 0.717) is 90.7 Å². The summed E-state index contributed by atoms with van der Waals surface area (Å²) < 4.78 is 42.5. The van der Waals surface area contributed by atoms with Gasteiger partial charge in [0.05, 0.1) is 16.6 Å². The summed E-state index contributed by atoms with van der Waals surface area (Å²) in [5.74, 6) is -0.0153. The Morgan fingerprint density at radius 2 is 1.48 bits per heavy atom. The van der Waals surface area contributed by atoms with Gasteiger partial charge in [-0.2, -0.15) is 0 Å². The van der Waals surface area contributed by atoms with E-state index >= 15 is 8.78 Å². The monoisotopic (exact) mass is 476 g/mol. The highest BCUT2D eigenvalue weighted by Crippen LogP contribution is 2.43. The summed E-state index contributed by atoms with van der Waals surface area (Å²) in [6.07, 6.45) is -0.147. The van der Waals surface area contributed by atoms with Gasteiger partial charge in [0.1, 0.15) is 23.9 Å². The maximum absolute atomic E-state index is 15.8. The minimum absolute atomic E-state index is 0.0156. The van der Waals surface area contributed by atoms with Gasteiger partial charge < -0.3 is 19.6 Å². The molecule has 8 heteroatoms. The lowest BCUT2D eigenvalue weighted by atomic mass is 9.83. The van der Waals surface area contributed by atoms with Gasteiger partial charge in [-0.05, 0) is 79.0 Å². The molecule has 2 aliphatic rings. The Morgan fingerprint density at radius 3 is 2.06 bits per heavy atom. The van der Waals surface area contributed by atoms with Crippen LogP contribution in [0.4, 0.5) is 8.78 Å². The average molecular weight is 477 g/mol. The summed E-state index contributed by atoms with van der Waals surface area (Å²) in [6.45, 7) is 2.08. The maximum atomic E-state index is 15.8. The molecule has 0 aliphatic carbocycles. The molecule has 2 atom stereocenters. The fourth-order valence-corrected chi connectivity index (χ4v) is 5.09. The molecule has 2 N–H and O–H groups in total. The van der Waals surface area contributed by atoms with E-state index in [-0.39, 0.29) is 17.6 Å². The number of fused-ring (bicyclic) bond motifs is 1. The SMILES string of the molecule is Oc1cc(Cl)ccc1-c1nc2cc(C(F)C3CCOCC3)c(C(F)C3CCOCC3)cc2[nH]1. The second-order valence-corrected chi connectivity index (χ2v) is 9.38. The number of alkyl halides is 2. The number of hydrogen-bond donors (Lipinski definition) is 2. The number of benzene rings is 2. The molecule has 0 amide bonds. The average Bonchev–Trinajstić information content (AvgIpc) is 3.26. The molecule has 5 rings (SSSR count). The largest absolute Gasteiger partial charge is 0.507 e. The van der Waals surface area contributed by atoms with Crippen LogP contribution >= 0.6 is 11.6 Å². The van der Waals surface area contributed by atoms with Crippen LogP contribution < -0.4 is 0 Å². The number of rotatable bonds is 5. The number of aromatic amines is 1. The summed E-state index contributed by atoms with van der Waals surface area (Å²) >= 11 is 5.95. The second-order valence-electron chi connectivity index (χ2n) is 8.95. The van der Waals surface area contributed by atoms with E-state index < -0.39 is 12.3 Å². The van der Waals surface area contributed by atoms with Gasteiger partial charge in [0.15, 0.2) is 0 Å². The number of H-pyrrole nitrogens is 1. The Labute approximate surface area is 196 Å². The first-order valence-corrected chi connectivity index (χ1v) is 11.8. The molecule has 2 unspecified atom stereocenters. The fraction of sp³-hybridized carbons (Fsp3) is 0.480. The molecule has 33 heavy (non-hydrogen) atoms. The minimum atomic E-state index is -1.30. The number of aromatic nitrogens is 2. The topological polar surface area (TPSA) is 67.4 Å². The number of halogens is 3. The summed E-state index contributed by atoms with van der Waals surface area (Å²) in [7, 11) is 0. The minimum Gasteiger partial charge on any atom is -0.507 e. The van der Waals surface area contributed by atoms with Crippen molar-refractivity contribution in [3.8, 4) is 17.1 Å². The van der Waals surface area contributed by atoms with Crippen LogP contribution in [0.3, 0.4) is 0 Å². The standard InChI is InChI=1S/C25H27ClF2N2O3/c26-16-1-2-17(22(31)11-16)25-29-20-12-18(23(27)14-3-7-32-8-4-14)19(13-21(20)30-25)24(28)15-5-9-33-10-6-15/h1-2,11-15,23-24,31H,3-10H2,(H,29,30). The number of ether oxygens (including phenoxy) is 2. The van der Waals surface area contributed by atoms with Crippen molar-refractivity contribution in [3.63, 3.8) is 0 Å². The van der Waals surface area contributed by atoms with Crippen molar-refractivity contribution in [1.29, 1.82) is 0 Å². The van der Waals surface area contributed by atoms with Crippen LogP contribution in [0, 0.1) is 11.8 Å². The van der Waals surface area contributed by atoms with Gasteiger partial charge in [0.2, 0.25) is 0 Å². The highest BCUT2D eigenvalue weighted by atomic mass is 35.5. The predicted octanol–water partition coefficient (Wildman–Crippen LogP) is 6.46. The number of nitrogens with zero attached hydrogens (tertiary/aromatic N) is 1. The molecule has 2 aliphatic heterocycles. The Bertz CT molecular complexity index is 1070. The fourth-order valence-electron chi connectivity index (χ4n) is 4.92. The maximum Gasteiger partial charge on any atom is 0.142 e. The van der Waals surface area contributed by atoms with Crippen LogP contribution in [-0.2, 0) is 9.47 Å². The third-order valence-corrected chi connectivity index (χ3v) is 7.09. The van der Waals surface area contributed by atoms with Crippen molar-refractivity contribution in [2.75, 3.05) is 26.4 Å². The normalized spacial score (nSPS) is 20.2. The van der Waals surface area contributed by atoms with Crippen LogP contribution in [-0.4, -0.2) is 41.5 Å². The molecule has 0 radical (unpaired) electrons. The van der Waals surface area contributed by atoms with Crippen LogP contribution in [0.25, 0.3) is 22.4 Å². The molecular formula is C25H27ClF2N2O3. The smallest absolute Gasteiger partial charge is 0.142 e. The molecule has 0 spiro atoms. The Kier molecular flexibility index (Phi) is 6.54. The molecular weight excluding hydrogens is 450 g/mol. The second kappa shape index (κ2) is 9.57. The lowest BCUT2D eigenvalue weighted by Gasteiger charge is -2.30. The molecule has 2 aromatic carbocycles. The van der Waals surface area contributed by atoms with Crippen molar-refractivity contribution >= 4 is 22.6 Å². The van der Waals surface area contributed by atoms with Crippen molar-refractivity contribution in [2.24, 2.45) is 11.8 Å². The van der Waals surface area contributed by atoms with E-state index in [1.165, 1.54) is 6.07 Å². The van der Waals surface area contributed by atoms with E-state index in [2.05, 4.69) is 9.97 Å². The van der Waals surface area contributed by atoms with Gasteiger partial charge in [-0.1, -0.05) is 11.6 Å². The van der Waals surface area contributed by atoms with E-state index in [9.17, 15) is 5.11 Å². The van der Waals surface area contributed by atoms with E-state index in [0.717, 1.165) is 0 Å². The van der Waals surface area contributed by atoms with Crippen LogP contribution in [0.1, 0.15) is 49.2 Å². The number of aromatic hydroxyl groups is 1. The quantitative estimate of drug-likeness (QED) is 0.443. The first-order valence-electron chi connectivity index (χ1n) is 11.5. The first kappa shape index (κ1) is 22.6. The van der Waals surface area contributed by atoms with Gasteiger partial charge >= 0.3 is 0 Å². The molecule has 2 saturated heterocycles. The van der Waals surface area contributed by atoms with Gasteiger partial charge in [0.25, 0.3) is 0 Å². The molecule has 176 valence electrons. The van der Waals surface area contributed by atoms with Crippen molar-refractivity contribution in [1.82, 2.24) is 9.97 Å². The molecule has 0 saturated carbocycles. The summed E-state index contributed by atoms with van der Waals surface area (Å²) in [4.78, 5) is 7.75. The Morgan fingerprint density at radius 1 is 0.909 bits per heavy atom. The number of hydrogen-bond acceptors (Lipinski definition) is 4. The third-order valence-electron chi connectivity index (χ3n) is 6.86. The lowest BCUT2D eigenvalue weighted by Crippen LogP contribution is -2.23. The third kappa shape index (κ3) is 4.59. The van der Waals surface area contributed by atoms with Crippen LogP contribution in [0.15, 0.2) is 30.3 Å². The zero-order valence-corrected chi connectivity index (χ0v) is 19.0. The van der Waals surface area contributed by atoms with Crippen LogP contribution in [0.5, 0.6) is 5.75 Å². The lowest BCUT2D eigenvalue weighted by molar-refractivity contribution is 0.0307. The Hall–Kier alpha value is -2.22. The predicted molar refractivity (Wildman–Crippen MR) is 123 cm³/mol. The molecule has 5 nitrogen and oxygen atoms in total. The highest BCUT2D eigenvalue weighted by molar-refractivity contribution is 6.30. The van der Waals surface area contributed by atoms with Gasteiger partial charge in [-0.15, -0.1) is 0 Å². The van der Waals surface area contributed by atoms with Crippen molar-refractivity contribution in [2.45, 2.75) is 38.0 Å². The molecule has 0 bridgehead atoms. The van der Waals surface area contributed by atoms with Crippen LogP contribution in [0.2, 0.25) is 5.02 Å². The molecule has 3 aromatic rings. The highest BCUT2D eigenvalue weighted by Gasteiger charge is 2.33. The van der Waals surface area contributed by atoms with Crippen molar-refractivity contribution in [3.05, 3.63) is 46.5 Å². The molecule has 3 heterocycles. The van der Waals surface area contributed by atoms with E-state index in [1.54, 1.807) is 24.3 Å². The van der Waals surface area contributed by atoms with E-state index in [4.69, 9.17) is 21.1 Å². The first-order chi connectivity index (χ1) is 16.0. The van der Waals surface area contributed by atoms with E-state index in [1.807, 2.05) is 0 Å². The van der Waals surface area contributed by atoms with Crippen molar-refractivity contribution < 1.29 is 23.4 Å². The Balaban J connectivity index is 1.58. The number of imidazole rings is 1. The number of nitrogens with one attached hydrogen (secondary N) is 1. The molecule has 1 aromatic heterocycles. The summed E-state index contributed by atoms with van der Waals surface area (Å²) in [5, 5.41) is 10.7. The van der Waals surface area contributed by atoms with Gasteiger partial charge in [0, 0.05) is 31.5 Å². The zero-order valence-electron chi connectivity index (χ0n) is 18.2.